The fourth-order valence-electron chi connectivity index (χ4n) is 1.32. The number of benzene rings is 1. The van der Waals surface area contributed by atoms with Crippen LogP contribution in [-0.2, 0) is 10.0 Å². The highest BCUT2D eigenvalue weighted by molar-refractivity contribution is 8.00. The van der Waals surface area contributed by atoms with Gasteiger partial charge >= 0.3 is 0 Å². The second-order valence-electron chi connectivity index (χ2n) is 3.81. The van der Waals surface area contributed by atoms with E-state index in [0.717, 1.165) is 4.90 Å². The van der Waals surface area contributed by atoms with Gasteiger partial charge in [0.05, 0.1) is 5.75 Å². The third-order valence-corrected chi connectivity index (χ3v) is 5.40. The van der Waals surface area contributed by atoms with Crippen LogP contribution in [0, 0.1) is 0 Å². The van der Waals surface area contributed by atoms with Crippen LogP contribution in [0.1, 0.15) is 0 Å². The van der Waals surface area contributed by atoms with Crippen LogP contribution < -0.4 is 5.73 Å². The first-order valence-electron chi connectivity index (χ1n) is 5.49. The molecule has 18 heavy (non-hydrogen) atoms. The van der Waals surface area contributed by atoms with Gasteiger partial charge in [0.1, 0.15) is 0 Å². The Kier molecular flexibility index (Phi) is 5.71. The van der Waals surface area contributed by atoms with Crippen LogP contribution in [0.15, 0.2) is 41.8 Å². The Morgan fingerprint density at radius 2 is 2.22 bits per heavy atom. The van der Waals surface area contributed by atoms with Crippen molar-refractivity contribution in [1.82, 2.24) is 4.31 Å². The molecule has 1 rings (SSSR count). The van der Waals surface area contributed by atoms with E-state index in [1.54, 1.807) is 19.2 Å². The molecule has 0 amide bonds. The summed E-state index contributed by atoms with van der Waals surface area (Å²) >= 11 is 1.49. The number of sulfonamides is 1. The molecule has 6 heteroatoms. The number of hydrogen-bond acceptors (Lipinski definition) is 4. The highest BCUT2D eigenvalue weighted by Crippen LogP contribution is 2.20. The minimum Gasteiger partial charge on any atom is -0.399 e. The van der Waals surface area contributed by atoms with Crippen molar-refractivity contribution in [3.8, 4) is 0 Å². The normalized spacial score (nSPS) is 11.7. The van der Waals surface area contributed by atoms with E-state index in [-0.39, 0.29) is 5.75 Å². The molecule has 0 radical (unpaired) electrons. The average molecular weight is 286 g/mol. The predicted octanol–water partition coefficient (Wildman–Crippen LogP) is 1.81. The molecule has 0 aliphatic carbocycles. The zero-order valence-electron chi connectivity index (χ0n) is 10.4. The summed E-state index contributed by atoms with van der Waals surface area (Å²) in [5.41, 5.74) is 6.34. The van der Waals surface area contributed by atoms with Gasteiger partial charge < -0.3 is 5.73 Å². The van der Waals surface area contributed by atoms with Crippen molar-refractivity contribution in [2.75, 3.05) is 30.8 Å². The van der Waals surface area contributed by atoms with E-state index in [1.165, 1.54) is 16.1 Å². The maximum absolute atomic E-state index is 11.8. The van der Waals surface area contributed by atoms with Gasteiger partial charge in [-0.15, -0.1) is 18.3 Å². The molecule has 0 bridgehead atoms. The number of rotatable bonds is 7. The second-order valence-corrected chi connectivity index (χ2v) is 7.17. The van der Waals surface area contributed by atoms with Crippen LogP contribution in [-0.4, -0.2) is 37.8 Å². The molecule has 1 aromatic rings. The van der Waals surface area contributed by atoms with Crippen LogP contribution in [0.5, 0.6) is 0 Å². The van der Waals surface area contributed by atoms with Crippen molar-refractivity contribution in [1.29, 1.82) is 0 Å². The fraction of sp³-hybridized carbons (Fsp3) is 0.333. The van der Waals surface area contributed by atoms with Gasteiger partial charge in [0.25, 0.3) is 0 Å². The third-order valence-electron chi connectivity index (χ3n) is 2.33. The van der Waals surface area contributed by atoms with E-state index >= 15 is 0 Å². The van der Waals surface area contributed by atoms with Gasteiger partial charge in [-0.2, -0.15) is 0 Å². The molecule has 0 unspecified atom stereocenters. The molecule has 0 spiro atoms. The topological polar surface area (TPSA) is 63.4 Å². The molecule has 0 saturated heterocycles. The summed E-state index contributed by atoms with van der Waals surface area (Å²) in [5.74, 6) is 0.615. The number of hydrogen-bond donors (Lipinski definition) is 1. The summed E-state index contributed by atoms with van der Waals surface area (Å²) in [6.45, 7) is 3.87. The summed E-state index contributed by atoms with van der Waals surface area (Å²) < 4.78 is 24.9. The van der Waals surface area contributed by atoms with E-state index < -0.39 is 10.0 Å². The molecule has 100 valence electrons. The molecule has 4 nitrogen and oxygen atoms in total. The summed E-state index contributed by atoms with van der Waals surface area (Å²) in [6.07, 6.45) is 1.57. The minimum atomic E-state index is -3.19. The van der Waals surface area contributed by atoms with E-state index in [0.29, 0.717) is 18.0 Å². The van der Waals surface area contributed by atoms with Crippen molar-refractivity contribution in [2.24, 2.45) is 0 Å². The Morgan fingerprint density at radius 1 is 1.50 bits per heavy atom. The average Bonchev–Trinajstić information content (AvgIpc) is 2.29. The smallest absolute Gasteiger partial charge is 0.214 e. The van der Waals surface area contributed by atoms with Crippen molar-refractivity contribution < 1.29 is 8.42 Å². The van der Waals surface area contributed by atoms with E-state index in [2.05, 4.69) is 6.58 Å². The molecule has 0 aromatic heterocycles. The van der Waals surface area contributed by atoms with Crippen molar-refractivity contribution >= 4 is 27.5 Å². The predicted molar refractivity (Wildman–Crippen MR) is 78.2 cm³/mol. The quantitative estimate of drug-likeness (QED) is 0.472. The van der Waals surface area contributed by atoms with Gasteiger partial charge in [-0.3, -0.25) is 0 Å². The second kappa shape index (κ2) is 6.82. The van der Waals surface area contributed by atoms with Crippen molar-refractivity contribution in [3.63, 3.8) is 0 Å². The molecular weight excluding hydrogens is 268 g/mol. The molecule has 0 atom stereocenters. The van der Waals surface area contributed by atoms with E-state index in [4.69, 9.17) is 5.73 Å². The number of nitrogens with two attached hydrogens (primary N) is 1. The first kappa shape index (κ1) is 15.1. The number of nitrogen functional groups attached to an aromatic ring is 1. The summed E-state index contributed by atoms with van der Waals surface area (Å²) in [6, 6.07) is 7.42. The molecule has 1 aromatic carbocycles. The number of thioether (sulfide) groups is 1. The number of anilines is 1. The summed E-state index contributed by atoms with van der Waals surface area (Å²) in [4.78, 5) is 0.983. The molecule has 0 heterocycles. The van der Waals surface area contributed by atoms with Gasteiger partial charge in [0, 0.05) is 29.9 Å². The standard InChI is InChI=1S/C12H18N2O2S2/c1-3-7-14(2)18(15,16)9-8-17-12-6-4-5-11(13)10-12/h3-6,10H,1,7-9,13H2,2H3. The monoisotopic (exact) mass is 286 g/mol. The zero-order chi connectivity index (χ0) is 13.6. The van der Waals surface area contributed by atoms with Crippen molar-refractivity contribution in [2.45, 2.75) is 4.90 Å². The van der Waals surface area contributed by atoms with E-state index in [9.17, 15) is 8.42 Å². The Labute approximate surface area is 113 Å². The number of nitrogens with zero attached hydrogens (tertiary/aromatic N) is 1. The van der Waals surface area contributed by atoms with E-state index in [1.807, 2.05) is 18.2 Å². The maximum atomic E-state index is 11.8. The highest BCUT2D eigenvalue weighted by atomic mass is 32.2. The van der Waals surface area contributed by atoms with Gasteiger partial charge in [-0.05, 0) is 18.2 Å². The SMILES string of the molecule is C=CCN(C)S(=O)(=O)CCSc1cccc(N)c1. The summed E-state index contributed by atoms with van der Waals surface area (Å²) in [5, 5.41) is 0. The first-order valence-corrected chi connectivity index (χ1v) is 8.08. The molecule has 0 aliphatic heterocycles. The van der Waals surface area contributed by atoms with Crippen LogP contribution in [0.25, 0.3) is 0 Å². The summed E-state index contributed by atoms with van der Waals surface area (Å²) in [7, 11) is -1.63. The Hall–Kier alpha value is -0.980. The van der Waals surface area contributed by atoms with Crippen LogP contribution in [0.4, 0.5) is 5.69 Å². The Balaban J connectivity index is 2.49. The highest BCUT2D eigenvalue weighted by Gasteiger charge is 2.15. The maximum Gasteiger partial charge on any atom is 0.214 e. The molecule has 0 fully saturated rings. The largest absolute Gasteiger partial charge is 0.399 e. The Morgan fingerprint density at radius 3 is 2.83 bits per heavy atom. The lowest BCUT2D eigenvalue weighted by atomic mass is 10.3. The first-order chi connectivity index (χ1) is 8.45. The van der Waals surface area contributed by atoms with Crippen LogP contribution >= 0.6 is 11.8 Å². The Bertz CT molecular complexity index is 501. The lowest BCUT2D eigenvalue weighted by molar-refractivity contribution is 0.501. The lowest BCUT2D eigenvalue weighted by Gasteiger charge is -2.14. The minimum absolute atomic E-state index is 0.108. The molecular formula is C12H18N2O2S2. The van der Waals surface area contributed by atoms with Gasteiger partial charge in [0.15, 0.2) is 0 Å². The van der Waals surface area contributed by atoms with Gasteiger partial charge in [-0.1, -0.05) is 12.1 Å². The lowest BCUT2D eigenvalue weighted by Crippen LogP contribution is -2.30. The molecule has 0 saturated carbocycles. The molecule has 2 N–H and O–H groups in total. The zero-order valence-corrected chi connectivity index (χ0v) is 12.0. The van der Waals surface area contributed by atoms with Gasteiger partial charge in [-0.25, -0.2) is 12.7 Å². The third kappa shape index (κ3) is 4.72. The van der Waals surface area contributed by atoms with Crippen molar-refractivity contribution in [3.05, 3.63) is 36.9 Å². The van der Waals surface area contributed by atoms with Crippen LogP contribution in [0.2, 0.25) is 0 Å². The molecule has 0 aliphatic rings. The number of likely N-dealkylation sites (N-methyl/N-ethyl adjacent to an activating group) is 1. The van der Waals surface area contributed by atoms with Crippen LogP contribution in [0.3, 0.4) is 0 Å². The van der Waals surface area contributed by atoms with Gasteiger partial charge in [0.2, 0.25) is 10.0 Å². The fourth-order valence-corrected chi connectivity index (χ4v) is 3.77.